The molecule has 1 aromatic heterocycles. The molecule has 3 heteroatoms. The van der Waals surface area contributed by atoms with Crippen LogP contribution in [0.15, 0.2) is 17.5 Å². The second-order valence-corrected chi connectivity index (χ2v) is 4.36. The largest absolute Gasteiger partial charge is 0.315 e. The molecule has 2 N–H and O–H groups in total. The molecular weight excluding hydrogens is 192 g/mol. The average molecular weight is 212 g/mol. The Kier molecular flexibility index (Phi) is 6.66. The van der Waals surface area contributed by atoms with Crippen molar-refractivity contribution in [3.63, 3.8) is 0 Å². The van der Waals surface area contributed by atoms with E-state index in [9.17, 15) is 0 Å². The van der Waals surface area contributed by atoms with Crippen molar-refractivity contribution in [3.05, 3.63) is 22.4 Å². The highest BCUT2D eigenvalue weighted by atomic mass is 32.1. The Morgan fingerprint density at radius 2 is 1.93 bits per heavy atom. The Morgan fingerprint density at radius 1 is 1.14 bits per heavy atom. The van der Waals surface area contributed by atoms with E-state index in [1.165, 1.54) is 11.3 Å². The van der Waals surface area contributed by atoms with Crippen LogP contribution in [0.25, 0.3) is 0 Å². The summed E-state index contributed by atoms with van der Waals surface area (Å²) in [4.78, 5) is 1.47. The molecule has 0 spiro atoms. The lowest BCUT2D eigenvalue weighted by molar-refractivity contribution is 0.608. The minimum absolute atomic E-state index is 1.07. The van der Waals surface area contributed by atoms with Gasteiger partial charge >= 0.3 is 0 Å². The fourth-order valence-corrected chi connectivity index (χ4v) is 1.98. The van der Waals surface area contributed by atoms with Gasteiger partial charge in [-0.15, -0.1) is 11.3 Å². The first-order chi connectivity index (χ1) is 6.93. The molecule has 80 valence electrons. The van der Waals surface area contributed by atoms with Crippen molar-refractivity contribution in [2.45, 2.75) is 19.8 Å². The van der Waals surface area contributed by atoms with Crippen LogP contribution in [0.1, 0.15) is 18.2 Å². The third-order valence-electron chi connectivity index (χ3n) is 2.03. The Morgan fingerprint density at radius 3 is 2.57 bits per heavy atom. The molecular formula is C11H20N2S. The van der Waals surface area contributed by atoms with Gasteiger partial charge in [0.15, 0.2) is 0 Å². The SMILES string of the molecule is CCCNCCNCCc1cccs1. The van der Waals surface area contributed by atoms with Crippen molar-refractivity contribution in [2.24, 2.45) is 0 Å². The number of hydrogen-bond donors (Lipinski definition) is 2. The molecule has 0 fully saturated rings. The van der Waals surface area contributed by atoms with Gasteiger partial charge in [-0.2, -0.15) is 0 Å². The van der Waals surface area contributed by atoms with Crippen LogP contribution in [-0.4, -0.2) is 26.2 Å². The standard InChI is InChI=1S/C11H20N2S/c1-2-6-12-8-9-13-7-5-11-4-3-10-14-11/h3-4,10,12-13H,2,5-9H2,1H3. The molecule has 0 radical (unpaired) electrons. The number of thiophene rings is 1. The third kappa shape index (κ3) is 5.37. The van der Waals surface area contributed by atoms with E-state index in [0.29, 0.717) is 0 Å². The van der Waals surface area contributed by atoms with Crippen LogP contribution in [0.4, 0.5) is 0 Å². The first-order valence-electron chi connectivity index (χ1n) is 5.37. The summed E-state index contributed by atoms with van der Waals surface area (Å²) >= 11 is 1.84. The van der Waals surface area contributed by atoms with Crippen molar-refractivity contribution in [2.75, 3.05) is 26.2 Å². The van der Waals surface area contributed by atoms with E-state index in [-0.39, 0.29) is 0 Å². The van der Waals surface area contributed by atoms with Gasteiger partial charge in [0.1, 0.15) is 0 Å². The first-order valence-corrected chi connectivity index (χ1v) is 6.25. The zero-order valence-electron chi connectivity index (χ0n) is 8.88. The molecule has 0 atom stereocenters. The van der Waals surface area contributed by atoms with Crippen LogP contribution in [0.3, 0.4) is 0 Å². The van der Waals surface area contributed by atoms with Gasteiger partial charge in [-0.05, 0) is 30.8 Å². The lowest BCUT2D eigenvalue weighted by atomic mass is 10.3. The summed E-state index contributed by atoms with van der Waals surface area (Å²) < 4.78 is 0. The monoisotopic (exact) mass is 212 g/mol. The minimum Gasteiger partial charge on any atom is -0.315 e. The van der Waals surface area contributed by atoms with Gasteiger partial charge in [-0.3, -0.25) is 0 Å². The van der Waals surface area contributed by atoms with Crippen molar-refractivity contribution in [1.82, 2.24) is 10.6 Å². The van der Waals surface area contributed by atoms with Crippen molar-refractivity contribution in [1.29, 1.82) is 0 Å². The Labute approximate surface area is 90.7 Å². The van der Waals surface area contributed by atoms with Gasteiger partial charge in [0.25, 0.3) is 0 Å². The summed E-state index contributed by atoms with van der Waals surface area (Å²) in [6.07, 6.45) is 2.38. The lowest BCUT2D eigenvalue weighted by Gasteiger charge is -2.04. The predicted molar refractivity (Wildman–Crippen MR) is 64.1 cm³/mol. The molecule has 0 aliphatic carbocycles. The summed E-state index contributed by atoms with van der Waals surface area (Å²) in [5.74, 6) is 0. The number of hydrogen-bond acceptors (Lipinski definition) is 3. The summed E-state index contributed by atoms with van der Waals surface area (Å²) in [7, 11) is 0. The summed E-state index contributed by atoms with van der Waals surface area (Å²) in [5, 5.41) is 8.93. The maximum atomic E-state index is 3.43. The minimum atomic E-state index is 1.07. The van der Waals surface area contributed by atoms with Crippen LogP contribution >= 0.6 is 11.3 Å². The molecule has 0 saturated heterocycles. The third-order valence-corrected chi connectivity index (χ3v) is 2.97. The van der Waals surface area contributed by atoms with E-state index < -0.39 is 0 Å². The quantitative estimate of drug-likeness (QED) is 0.643. The van der Waals surface area contributed by atoms with Gasteiger partial charge in [-0.25, -0.2) is 0 Å². The molecule has 0 aromatic carbocycles. The van der Waals surface area contributed by atoms with E-state index in [1.807, 2.05) is 11.3 Å². The normalized spacial score (nSPS) is 10.6. The first kappa shape index (κ1) is 11.7. The topological polar surface area (TPSA) is 24.1 Å². The van der Waals surface area contributed by atoms with Crippen molar-refractivity contribution in [3.8, 4) is 0 Å². The zero-order valence-corrected chi connectivity index (χ0v) is 9.70. The average Bonchev–Trinajstić information content (AvgIpc) is 2.69. The van der Waals surface area contributed by atoms with Crippen LogP contribution in [0, 0.1) is 0 Å². The summed E-state index contributed by atoms with van der Waals surface area (Å²) in [6, 6.07) is 4.31. The maximum Gasteiger partial charge on any atom is 0.00768 e. The Balaban J connectivity index is 1.85. The molecule has 1 rings (SSSR count). The highest BCUT2D eigenvalue weighted by Gasteiger charge is 1.92. The Hall–Kier alpha value is -0.380. The summed E-state index contributed by atoms with van der Waals surface area (Å²) in [6.45, 7) is 6.57. The molecule has 0 amide bonds. The van der Waals surface area contributed by atoms with Gasteiger partial charge < -0.3 is 10.6 Å². The molecule has 1 aromatic rings. The fraction of sp³-hybridized carbons (Fsp3) is 0.636. The fourth-order valence-electron chi connectivity index (χ4n) is 1.27. The van der Waals surface area contributed by atoms with Crippen LogP contribution < -0.4 is 10.6 Å². The van der Waals surface area contributed by atoms with Gasteiger partial charge in [0.05, 0.1) is 0 Å². The molecule has 14 heavy (non-hydrogen) atoms. The zero-order chi connectivity index (χ0) is 10.1. The molecule has 0 aliphatic rings. The number of nitrogens with one attached hydrogen (secondary N) is 2. The van der Waals surface area contributed by atoms with E-state index in [1.54, 1.807) is 0 Å². The highest BCUT2D eigenvalue weighted by Crippen LogP contribution is 2.07. The maximum absolute atomic E-state index is 3.43. The smallest absolute Gasteiger partial charge is 0.00768 e. The molecule has 0 unspecified atom stereocenters. The predicted octanol–water partition coefficient (Wildman–Crippen LogP) is 1.88. The second kappa shape index (κ2) is 7.97. The lowest BCUT2D eigenvalue weighted by Crippen LogP contribution is -2.28. The van der Waals surface area contributed by atoms with E-state index in [4.69, 9.17) is 0 Å². The Bertz CT molecular complexity index is 209. The highest BCUT2D eigenvalue weighted by molar-refractivity contribution is 7.09. The molecule has 2 nitrogen and oxygen atoms in total. The molecule has 0 saturated carbocycles. The van der Waals surface area contributed by atoms with Crippen molar-refractivity contribution < 1.29 is 0 Å². The van der Waals surface area contributed by atoms with Crippen LogP contribution in [-0.2, 0) is 6.42 Å². The molecule has 1 heterocycles. The van der Waals surface area contributed by atoms with E-state index in [0.717, 1.165) is 32.6 Å². The van der Waals surface area contributed by atoms with Gasteiger partial charge in [0.2, 0.25) is 0 Å². The second-order valence-electron chi connectivity index (χ2n) is 3.33. The van der Waals surface area contributed by atoms with Gasteiger partial charge in [-0.1, -0.05) is 13.0 Å². The number of rotatable bonds is 8. The molecule has 0 bridgehead atoms. The van der Waals surface area contributed by atoms with Crippen LogP contribution in [0.2, 0.25) is 0 Å². The van der Waals surface area contributed by atoms with Gasteiger partial charge in [0, 0.05) is 24.5 Å². The van der Waals surface area contributed by atoms with Crippen LogP contribution in [0.5, 0.6) is 0 Å². The summed E-state index contributed by atoms with van der Waals surface area (Å²) in [5.41, 5.74) is 0. The van der Waals surface area contributed by atoms with E-state index >= 15 is 0 Å². The molecule has 0 aliphatic heterocycles. The van der Waals surface area contributed by atoms with Crippen molar-refractivity contribution >= 4 is 11.3 Å². The van der Waals surface area contributed by atoms with E-state index in [2.05, 4.69) is 35.1 Å².